The summed E-state index contributed by atoms with van der Waals surface area (Å²) in [5.74, 6) is 0. The van der Waals surface area contributed by atoms with Crippen LogP contribution in [0.4, 0.5) is 0 Å². The summed E-state index contributed by atoms with van der Waals surface area (Å²) in [6, 6.07) is 7.46. The molecule has 0 atom stereocenters. The molecule has 1 saturated carbocycles. The van der Waals surface area contributed by atoms with E-state index in [1.807, 2.05) is 12.1 Å². The normalized spacial score (nSPS) is 17.9. The summed E-state index contributed by atoms with van der Waals surface area (Å²) in [4.78, 5) is 0.378. The Morgan fingerprint density at radius 2 is 1.67 bits per heavy atom. The van der Waals surface area contributed by atoms with Gasteiger partial charge in [0.1, 0.15) is 0 Å². The van der Waals surface area contributed by atoms with E-state index in [0.717, 1.165) is 32.1 Å². The number of hydrogen-bond donors (Lipinski definition) is 1. The van der Waals surface area contributed by atoms with Crippen molar-refractivity contribution >= 4 is 10.0 Å². The Balaban J connectivity index is 2.13. The Kier molecular flexibility index (Phi) is 5.10. The summed E-state index contributed by atoms with van der Waals surface area (Å²) in [5.41, 5.74) is 1.26. The van der Waals surface area contributed by atoms with E-state index in [2.05, 4.69) is 25.5 Å². The summed E-state index contributed by atoms with van der Waals surface area (Å²) in [5, 5.41) is 0. The number of rotatable bonds is 5. The van der Waals surface area contributed by atoms with Crippen LogP contribution in [0.3, 0.4) is 0 Å². The van der Waals surface area contributed by atoms with E-state index in [-0.39, 0.29) is 11.5 Å². The fourth-order valence-corrected chi connectivity index (χ4v) is 4.10. The second-order valence-electron chi connectivity index (χ2n) is 6.72. The molecule has 1 aromatic carbocycles. The number of sulfonamides is 1. The van der Waals surface area contributed by atoms with Gasteiger partial charge in [-0.2, -0.15) is 0 Å². The van der Waals surface area contributed by atoms with Gasteiger partial charge in [-0.25, -0.2) is 13.1 Å². The second-order valence-corrected chi connectivity index (χ2v) is 8.43. The summed E-state index contributed by atoms with van der Waals surface area (Å²) >= 11 is 0. The van der Waals surface area contributed by atoms with Crippen molar-refractivity contribution in [2.75, 3.05) is 0 Å². The molecular weight excluding hydrogens is 282 g/mol. The van der Waals surface area contributed by atoms with Crippen LogP contribution in [-0.2, 0) is 15.4 Å². The molecule has 3 nitrogen and oxygen atoms in total. The Labute approximate surface area is 129 Å². The zero-order chi connectivity index (χ0) is 15.5. The van der Waals surface area contributed by atoms with Crippen LogP contribution in [0.1, 0.15) is 64.9 Å². The highest BCUT2D eigenvalue weighted by molar-refractivity contribution is 7.89. The molecule has 0 saturated heterocycles. The molecule has 1 fully saturated rings. The number of hydrogen-bond acceptors (Lipinski definition) is 2. The van der Waals surface area contributed by atoms with Crippen LogP contribution in [0.25, 0.3) is 0 Å². The van der Waals surface area contributed by atoms with Crippen LogP contribution in [-0.4, -0.2) is 14.5 Å². The van der Waals surface area contributed by atoms with Gasteiger partial charge in [0, 0.05) is 6.04 Å². The summed E-state index contributed by atoms with van der Waals surface area (Å²) in [6.45, 7) is 6.50. The van der Waals surface area contributed by atoms with Gasteiger partial charge in [-0.1, -0.05) is 52.2 Å². The van der Waals surface area contributed by atoms with Crippen molar-refractivity contribution in [1.82, 2.24) is 4.72 Å². The molecule has 0 aliphatic heterocycles. The van der Waals surface area contributed by atoms with Crippen LogP contribution in [0.5, 0.6) is 0 Å². The lowest BCUT2D eigenvalue weighted by molar-refractivity contribution is 0.412. The van der Waals surface area contributed by atoms with Gasteiger partial charge in [0.15, 0.2) is 0 Å². The molecule has 118 valence electrons. The van der Waals surface area contributed by atoms with Crippen molar-refractivity contribution in [2.24, 2.45) is 0 Å². The van der Waals surface area contributed by atoms with Gasteiger partial charge in [-0.05, 0) is 42.4 Å². The summed E-state index contributed by atoms with van der Waals surface area (Å²) in [7, 11) is -3.38. The van der Waals surface area contributed by atoms with Gasteiger partial charge >= 0.3 is 0 Å². The summed E-state index contributed by atoms with van der Waals surface area (Å²) < 4.78 is 27.7. The van der Waals surface area contributed by atoms with Crippen molar-refractivity contribution in [3.8, 4) is 0 Å². The molecule has 1 N–H and O–H groups in total. The first-order valence-corrected chi connectivity index (χ1v) is 9.46. The van der Waals surface area contributed by atoms with Gasteiger partial charge in [0.25, 0.3) is 0 Å². The smallest absolute Gasteiger partial charge is 0.208 e. The molecule has 2 rings (SSSR count). The molecule has 0 amide bonds. The highest BCUT2D eigenvalue weighted by Gasteiger charge is 2.23. The third kappa shape index (κ3) is 4.07. The van der Waals surface area contributed by atoms with Crippen molar-refractivity contribution in [3.63, 3.8) is 0 Å². The van der Waals surface area contributed by atoms with Crippen LogP contribution >= 0.6 is 0 Å². The molecule has 0 aromatic heterocycles. The molecule has 1 aliphatic carbocycles. The predicted octanol–water partition coefficient (Wildman–Crippen LogP) is 3.99. The molecule has 1 aromatic rings. The van der Waals surface area contributed by atoms with Gasteiger partial charge in [-0.3, -0.25) is 0 Å². The second kappa shape index (κ2) is 6.49. The van der Waals surface area contributed by atoms with Gasteiger partial charge < -0.3 is 0 Å². The minimum Gasteiger partial charge on any atom is -0.208 e. The average molecular weight is 309 g/mol. The average Bonchev–Trinajstić information content (AvgIpc) is 2.48. The Morgan fingerprint density at radius 3 is 2.19 bits per heavy atom. The lowest BCUT2D eigenvalue weighted by Gasteiger charge is -2.24. The standard InChI is InChI=1S/C17H27NO2S/c1-4-17(2,3)14-10-12-16(13-11-14)21(19,20)18-15-8-6-5-7-9-15/h10-13,15,18H,4-9H2,1-3H3. The molecule has 21 heavy (non-hydrogen) atoms. The van der Waals surface area contributed by atoms with Gasteiger partial charge in [0.05, 0.1) is 4.90 Å². The first-order chi connectivity index (χ1) is 9.85. The SMILES string of the molecule is CCC(C)(C)c1ccc(S(=O)(=O)NC2CCCCC2)cc1. The number of nitrogens with one attached hydrogen (secondary N) is 1. The molecule has 1 aliphatic rings. The molecule has 0 unspecified atom stereocenters. The third-order valence-electron chi connectivity index (χ3n) is 4.76. The zero-order valence-electron chi connectivity index (χ0n) is 13.4. The molecule has 0 heterocycles. The Hall–Kier alpha value is -0.870. The molecule has 0 spiro atoms. The van der Waals surface area contributed by atoms with Crippen molar-refractivity contribution < 1.29 is 8.42 Å². The maximum atomic E-state index is 12.4. The zero-order valence-corrected chi connectivity index (χ0v) is 14.2. The fourth-order valence-electron chi connectivity index (χ4n) is 2.80. The largest absolute Gasteiger partial charge is 0.240 e. The monoisotopic (exact) mass is 309 g/mol. The van der Waals surface area contributed by atoms with Crippen molar-refractivity contribution in [1.29, 1.82) is 0 Å². The van der Waals surface area contributed by atoms with E-state index < -0.39 is 10.0 Å². The predicted molar refractivity (Wildman–Crippen MR) is 87.0 cm³/mol. The highest BCUT2D eigenvalue weighted by atomic mass is 32.2. The van der Waals surface area contributed by atoms with Gasteiger partial charge in [0.2, 0.25) is 10.0 Å². The van der Waals surface area contributed by atoms with Crippen LogP contribution < -0.4 is 4.72 Å². The quantitative estimate of drug-likeness (QED) is 0.894. The van der Waals surface area contributed by atoms with E-state index in [0.29, 0.717) is 4.90 Å². The van der Waals surface area contributed by atoms with Gasteiger partial charge in [-0.15, -0.1) is 0 Å². The molecular formula is C17H27NO2S. The molecule has 0 radical (unpaired) electrons. The highest BCUT2D eigenvalue weighted by Crippen LogP contribution is 2.27. The third-order valence-corrected chi connectivity index (χ3v) is 6.29. The van der Waals surface area contributed by atoms with Crippen LogP contribution in [0.2, 0.25) is 0 Å². The Bertz CT molecular complexity index is 555. The van der Waals surface area contributed by atoms with E-state index in [4.69, 9.17) is 0 Å². The van der Waals surface area contributed by atoms with Crippen LogP contribution in [0, 0.1) is 0 Å². The minimum absolute atomic E-state index is 0.0824. The summed E-state index contributed by atoms with van der Waals surface area (Å²) in [6.07, 6.45) is 6.41. The first kappa shape index (κ1) is 16.5. The van der Waals surface area contributed by atoms with E-state index >= 15 is 0 Å². The molecule has 0 bridgehead atoms. The fraction of sp³-hybridized carbons (Fsp3) is 0.647. The lowest BCUT2D eigenvalue weighted by atomic mass is 9.82. The van der Waals surface area contributed by atoms with Crippen LogP contribution in [0.15, 0.2) is 29.2 Å². The molecule has 4 heteroatoms. The minimum atomic E-state index is -3.38. The number of benzene rings is 1. The van der Waals surface area contributed by atoms with Crippen molar-refractivity contribution in [3.05, 3.63) is 29.8 Å². The Morgan fingerprint density at radius 1 is 1.10 bits per heavy atom. The van der Waals surface area contributed by atoms with E-state index in [9.17, 15) is 8.42 Å². The van der Waals surface area contributed by atoms with E-state index in [1.54, 1.807) is 12.1 Å². The topological polar surface area (TPSA) is 46.2 Å². The maximum absolute atomic E-state index is 12.4. The van der Waals surface area contributed by atoms with E-state index in [1.165, 1.54) is 12.0 Å². The maximum Gasteiger partial charge on any atom is 0.240 e. The first-order valence-electron chi connectivity index (χ1n) is 7.98. The lowest BCUT2D eigenvalue weighted by Crippen LogP contribution is -2.36. The van der Waals surface area contributed by atoms with Crippen molar-refractivity contribution in [2.45, 2.75) is 75.6 Å².